The summed E-state index contributed by atoms with van der Waals surface area (Å²) in [5, 5.41) is 3.08. The smallest absolute Gasteiger partial charge is 0.349 e. The molecule has 1 N–H and O–H groups in total. The number of ether oxygens (including phenoxy) is 1. The summed E-state index contributed by atoms with van der Waals surface area (Å²) >= 11 is 7.23. The van der Waals surface area contributed by atoms with Gasteiger partial charge in [0.05, 0.1) is 5.02 Å². The van der Waals surface area contributed by atoms with Crippen molar-refractivity contribution in [3.05, 3.63) is 44.7 Å². The van der Waals surface area contributed by atoms with Gasteiger partial charge in [0.2, 0.25) is 0 Å². The largest absolute Gasteiger partial charge is 0.448 e. The number of rotatable bonds is 4. The molecule has 3 rings (SSSR count). The van der Waals surface area contributed by atoms with Gasteiger partial charge in [0.1, 0.15) is 10.7 Å². The Kier molecular flexibility index (Phi) is 5.39. The van der Waals surface area contributed by atoms with Crippen LogP contribution in [0.25, 0.3) is 0 Å². The maximum atomic E-state index is 12.3. The molecular formula is C18H19ClN2O3S. The van der Waals surface area contributed by atoms with Crippen molar-refractivity contribution in [1.29, 1.82) is 0 Å². The first kappa shape index (κ1) is 17.9. The lowest BCUT2D eigenvalue weighted by atomic mass is 9.90. The molecule has 0 radical (unpaired) electrons. The predicted molar refractivity (Wildman–Crippen MR) is 98.3 cm³/mol. The second kappa shape index (κ2) is 7.54. The van der Waals surface area contributed by atoms with E-state index in [0.29, 0.717) is 21.6 Å². The van der Waals surface area contributed by atoms with E-state index in [4.69, 9.17) is 16.3 Å². The zero-order valence-electron chi connectivity index (χ0n) is 14.0. The third-order valence-corrected chi connectivity index (χ3v) is 5.60. The molecule has 0 bridgehead atoms. The number of nitrogens with zero attached hydrogens (tertiary/aromatic N) is 1. The average Bonchev–Trinajstić information content (AvgIpc) is 3.00. The summed E-state index contributed by atoms with van der Waals surface area (Å²) < 4.78 is 5.30. The SMILES string of the molecule is C[C@@H]1CCc2sc(C(=O)O[C@@H](C)C(=O)Nc3ccc(Cl)cn3)cc2C1. The summed E-state index contributed by atoms with van der Waals surface area (Å²) in [7, 11) is 0. The molecule has 2 atom stereocenters. The van der Waals surface area contributed by atoms with Gasteiger partial charge in [-0.05, 0) is 55.9 Å². The molecule has 2 aromatic rings. The highest BCUT2D eigenvalue weighted by Crippen LogP contribution is 2.32. The number of carbonyl (C=O) groups is 2. The lowest BCUT2D eigenvalue weighted by Crippen LogP contribution is -2.30. The van der Waals surface area contributed by atoms with Crippen molar-refractivity contribution >= 4 is 40.6 Å². The van der Waals surface area contributed by atoms with Crippen LogP contribution in [0.2, 0.25) is 5.02 Å². The molecular weight excluding hydrogens is 360 g/mol. The molecule has 0 aromatic carbocycles. The van der Waals surface area contributed by atoms with E-state index in [9.17, 15) is 9.59 Å². The molecule has 5 nitrogen and oxygen atoms in total. The average molecular weight is 379 g/mol. The number of hydrogen-bond acceptors (Lipinski definition) is 5. The van der Waals surface area contributed by atoms with E-state index in [2.05, 4.69) is 17.2 Å². The summed E-state index contributed by atoms with van der Waals surface area (Å²) in [6.45, 7) is 3.76. The van der Waals surface area contributed by atoms with Gasteiger partial charge in [-0.3, -0.25) is 4.79 Å². The number of esters is 1. The van der Waals surface area contributed by atoms with Crippen molar-refractivity contribution in [2.75, 3.05) is 5.32 Å². The quantitative estimate of drug-likeness (QED) is 0.813. The summed E-state index contributed by atoms with van der Waals surface area (Å²) in [6.07, 6.45) is 3.67. The lowest BCUT2D eigenvalue weighted by Gasteiger charge is -2.16. The van der Waals surface area contributed by atoms with Crippen molar-refractivity contribution in [2.24, 2.45) is 5.92 Å². The normalized spacial score (nSPS) is 17.5. The summed E-state index contributed by atoms with van der Waals surface area (Å²) in [6, 6.07) is 5.12. The minimum atomic E-state index is -0.914. The Labute approximate surface area is 155 Å². The van der Waals surface area contributed by atoms with Gasteiger partial charge in [0, 0.05) is 11.1 Å². The number of fused-ring (bicyclic) bond motifs is 1. The molecule has 0 aliphatic heterocycles. The molecule has 1 aliphatic carbocycles. The first-order valence-electron chi connectivity index (χ1n) is 8.17. The van der Waals surface area contributed by atoms with E-state index in [0.717, 1.165) is 19.3 Å². The van der Waals surface area contributed by atoms with Gasteiger partial charge in [-0.25, -0.2) is 9.78 Å². The number of carbonyl (C=O) groups excluding carboxylic acids is 2. The number of halogens is 1. The van der Waals surface area contributed by atoms with E-state index >= 15 is 0 Å². The van der Waals surface area contributed by atoms with Crippen LogP contribution in [-0.4, -0.2) is 23.0 Å². The molecule has 0 saturated carbocycles. The van der Waals surface area contributed by atoms with Crippen LogP contribution in [0.1, 0.15) is 40.4 Å². The van der Waals surface area contributed by atoms with Gasteiger partial charge in [-0.2, -0.15) is 0 Å². The van der Waals surface area contributed by atoms with Gasteiger partial charge in [0.25, 0.3) is 5.91 Å². The minimum absolute atomic E-state index is 0.359. The highest BCUT2D eigenvalue weighted by molar-refractivity contribution is 7.14. The molecule has 0 spiro atoms. The molecule has 2 heterocycles. The molecule has 0 unspecified atom stereocenters. The van der Waals surface area contributed by atoms with Crippen LogP contribution >= 0.6 is 22.9 Å². The zero-order valence-corrected chi connectivity index (χ0v) is 15.6. The van der Waals surface area contributed by atoms with Crippen molar-refractivity contribution in [3.63, 3.8) is 0 Å². The van der Waals surface area contributed by atoms with Crippen LogP contribution in [0.15, 0.2) is 24.4 Å². The molecule has 0 saturated heterocycles. The maximum absolute atomic E-state index is 12.3. The number of thiophene rings is 1. The fourth-order valence-corrected chi connectivity index (χ4v) is 3.96. The van der Waals surface area contributed by atoms with E-state index in [-0.39, 0.29) is 0 Å². The molecule has 0 fully saturated rings. The second-order valence-electron chi connectivity index (χ2n) is 6.31. The number of hydrogen-bond donors (Lipinski definition) is 1. The molecule has 132 valence electrons. The fourth-order valence-electron chi connectivity index (χ4n) is 2.76. The Morgan fingerprint density at radius 2 is 2.24 bits per heavy atom. The van der Waals surface area contributed by atoms with Crippen molar-refractivity contribution < 1.29 is 14.3 Å². The highest BCUT2D eigenvalue weighted by atomic mass is 35.5. The van der Waals surface area contributed by atoms with Crippen LogP contribution < -0.4 is 5.32 Å². The Morgan fingerprint density at radius 3 is 2.96 bits per heavy atom. The van der Waals surface area contributed by atoms with Crippen LogP contribution in [0.3, 0.4) is 0 Å². The first-order chi connectivity index (χ1) is 11.9. The van der Waals surface area contributed by atoms with E-state index in [1.807, 2.05) is 6.07 Å². The summed E-state index contributed by atoms with van der Waals surface area (Å²) in [5.41, 5.74) is 1.23. The van der Waals surface area contributed by atoms with Gasteiger partial charge in [-0.15, -0.1) is 11.3 Å². The third kappa shape index (κ3) is 4.38. The van der Waals surface area contributed by atoms with Crippen LogP contribution in [-0.2, 0) is 22.4 Å². The number of pyridine rings is 1. The Morgan fingerprint density at radius 1 is 1.44 bits per heavy atom. The molecule has 1 amide bonds. The van der Waals surface area contributed by atoms with Gasteiger partial charge >= 0.3 is 5.97 Å². The van der Waals surface area contributed by atoms with E-state index in [1.165, 1.54) is 28.0 Å². The lowest BCUT2D eigenvalue weighted by molar-refractivity contribution is -0.123. The number of amides is 1. The maximum Gasteiger partial charge on any atom is 0.349 e. The second-order valence-corrected chi connectivity index (χ2v) is 7.88. The monoisotopic (exact) mass is 378 g/mol. The topological polar surface area (TPSA) is 68.3 Å². The van der Waals surface area contributed by atoms with Crippen LogP contribution in [0.4, 0.5) is 5.82 Å². The van der Waals surface area contributed by atoms with E-state index < -0.39 is 18.0 Å². The number of anilines is 1. The van der Waals surface area contributed by atoms with Crippen molar-refractivity contribution in [3.8, 4) is 0 Å². The summed E-state index contributed by atoms with van der Waals surface area (Å²) in [4.78, 5) is 30.3. The highest BCUT2D eigenvalue weighted by Gasteiger charge is 2.24. The molecule has 7 heteroatoms. The molecule has 2 aromatic heterocycles. The Balaban J connectivity index is 1.60. The van der Waals surface area contributed by atoms with Gasteiger partial charge in [0.15, 0.2) is 6.10 Å². The summed E-state index contributed by atoms with van der Waals surface area (Å²) in [5.74, 6) is 0.109. The standard InChI is InChI=1S/C18H19ClN2O3S/c1-10-3-5-14-12(7-10)8-15(25-14)18(23)24-11(2)17(22)21-16-6-4-13(19)9-20-16/h4,6,8-11H,3,5,7H2,1-2H3,(H,20,21,22)/t10-,11+/m1/s1. The third-order valence-electron chi connectivity index (χ3n) is 4.16. The van der Waals surface area contributed by atoms with Crippen LogP contribution in [0, 0.1) is 5.92 Å². The predicted octanol–water partition coefficient (Wildman–Crippen LogP) is 4.11. The van der Waals surface area contributed by atoms with E-state index in [1.54, 1.807) is 19.1 Å². The Hall–Kier alpha value is -1.92. The van der Waals surface area contributed by atoms with Gasteiger partial charge < -0.3 is 10.1 Å². The van der Waals surface area contributed by atoms with Gasteiger partial charge in [-0.1, -0.05) is 18.5 Å². The number of nitrogens with one attached hydrogen (secondary N) is 1. The van der Waals surface area contributed by atoms with Crippen LogP contribution in [0.5, 0.6) is 0 Å². The molecule has 1 aliphatic rings. The molecule has 25 heavy (non-hydrogen) atoms. The number of aromatic nitrogens is 1. The first-order valence-corrected chi connectivity index (χ1v) is 9.37. The van der Waals surface area contributed by atoms with Crippen molar-refractivity contribution in [2.45, 2.75) is 39.2 Å². The zero-order chi connectivity index (χ0) is 18.0. The number of aryl methyl sites for hydroxylation is 1. The minimum Gasteiger partial charge on any atom is -0.448 e. The fraction of sp³-hybridized carbons (Fsp3) is 0.389. The Bertz CT molecular complexity index is 788. The van der Waals surface area contributed by atoms with Crippen molar-refractivity contribution in [1.82, 2.24) is 4.98 Å².